The monoisotopic (exact) mass is 397 g/mol. The van der Waals surface area contributed by atoms with Gasteiger partial charge in [-0.1, -0.05) is 17.7 Å². The first kappa shape index (κ1) is 18.5. The lowest BCUT2D eigenvalue weighted by Gasteiger charge is -2.30. The lowest BCUT2D eigenvalue weighted by atomic mass is 10.0. The predicted molar refractivity (Wildman–Crippen MR) is 109 cm³/mol. The molecule has 144 valence electrons. The predicted octanol–water partition coefficient (Wildman–Crippen LogP) is 3.61. The van der Waals surface area contributed by atoms with Crippen LogP contribution in [0.25, 0.3) is 0 Å². The maximum Gasteiger partial charge on any atom is 0.314 e. The van der Waals surface area contributed by atoms with E-state index in [9.17, 15) is 14.4 Å². The van der Waals surface area contributed by atoms with Gasteiger partial charge in [0.15, 0.2) is 0 Å². The fourth-order valence-electron chi connectivity index (χ4n) is 3.34. The summed E-state index contributed by atoms with van der Waals surface area (Å²) in [4.78, 5) is 38.8. The van der Waals surface area contributed by atoms with Gasteiger partial charge >= 0.3 is 11.8 Å². The van der Waals surface area contributed by atoms with Gasteiger partial charge in [0.1, 0.15) is 0 Å². The molecule has 0 radical (unpaired) electrons. The van der Waals surface area contributed by atoms with E-state index in [0.717, 1.165) is 36.9 Å². The van der Waals surface area contributed by atoms with Gasteiger partial charge in [0.2, 0.25) is 5.91 Å². The minimum Gasteiger partial charge on any atom is -0.318 e. The van der Waals surface area contributed by atoms with Gasteiger partial charge in [-0.25, -0.2) is 0 Å². The highest BCUT2D eigenvalue weighted by Crippen LogP contribution is 2.36. The molecule has 1 aliphatic heterocycles. The molecule has 1 fully saturated rings. The molecule has 1 aliphatic carbocycles. The molecule has 0 aromatic heterocycles. The Hall–Kier alpha value is -2.86. The molecule has 7 heteroatoms. The van der Waals surface area contributed by atoms with Crippen molar-refractivity contribution in [2.75, 3.05) is 22.1 Å². The third-order valence-electron chi connectivity index (χ3n) is 4.96. The lowest BCUT2D eigenvalue weighted by molar-refractivity contribution is -0.132. The zero-order valence-corrected chi connectivity index (χ0v) is 16.0. The lowest BCUT2D eigenvalue weighted by Crippen LogP contribution is -2.36. The fraction of sp³-hybridized carbons (Fsp3) is 0.286. The number of fused-ring (bicyclic) bond motifs is 1. The highest BCUT2D eigenvalue weighted by molar-refractivity contribution is 6.43. The number of hydrogen-bond acceptors (Lipinski definition) is 3. The highest BCUT2D eigenvalue weighted by Gasteiger charge is 2.35. The van der Waals surface area contributed by atoms with E-state index >= 15 is 0 Å². The number of anilines is 3. The number of amides is 3. The summed E-state index contributed by atoms with van der Waals surface area (Å²) in [6.07, 6.45) is 3.73. The molecule has 0 saturated heterocycles. The van der Waals surface area contributed by atoms with Crippen molar-refractivity contribution in [3.05, 3.63) is 53.1 Å². The summed E-state index contributed by atoms with van der Waals surface area (Å²) in [7, 11) is 0. The molecule has 1 saturated carbocycles. The molecule has 1 heterocycles. The number of halogens is 1. The normalized spacial score (nSPS) is 15.5. The Labute approximate surface area is 167 Å². The standard InChI is InChI=1S/C21H20ClN3O3/c22-15-6-9-16(10-7-15)23-19(26)20(27)24-17-8-5-13-2-1-11-25(18(13)12-17)21(28)14-3-4-14/h5-10,12,14H,1-4,11H2,(H,23,26)(H,24,27). The van der Waals surface area contributed by atoms with Crippen LogP contribution in [0.4, 0.5) is 17.1 Å². The van der Waals surface area contributed by atoms with Crippen LogP contribution in [0.3, 0.4) is 0 Å². The Morgan fingerprint density at radius 3 is 2.25 bits per heavy atom. The topological polar surface area (TPSA) is 78.5 Å². The number of nitrogens with zero attached hydrogens (tertiary/aromatic N) is 1. The number of nitrogens with one attached hydrogen (secondary N) is 2. The van der Waals surface area contributed by atoms with Crippen molar-refractivity contribution in [1.82, 2.24) is 0 Å². The van der Waals surface area contributed by atoms with Gasteiger partial charge in [-0.15, -0.1) is 0 Å². The Kier molecular flexibility index (Phi) is 5.05. The van der Waals surface area contributed by atoms with Crippen LogP contribution in [0.15, 0.2) is 42.5 Å². The number of carbonyl (C=O) groups is 3. The quantitative estimate of drug-likeness (QED) is 0.776. The first-order chi connectivity index (χ1) is 13.5. The second-order valence-electron chi connectivity index (χ2n) is 7.13. The first-order valence-electron chi connectivity index (χ1n) is 9.33. The summed E-state index contributed by atoms with van der Waals surface area (Å²) in [5.74, 6) is -1.25. The van der Waals surface area contributed by atoms with Crippen LogP contribution in [0.1, 0.15) is 24.8 Å². The average Bonchev–Trinajstić information content (AvgIpc) is 3.54. The number of rotatable bonds is 3. The number of aryl methyl sites for hydroxylation is 1. The van der Waals surface area contributed by atoms with Crippen molar-refractivity contribution >= 4 is 46.4 Å². The zero-order chi connectivity index (χ0) is 19.7. The summed E-state index contributed by atoms with van der Waals surface area (Å²) in [6, 6.07) is 11.9. The van der Waals surface area contributed by atoms with E-state index in [-0.39, 0.29) is 11.8 Å². The summed E-state index contributed by atoms with van der Waals surface area (Å²) in [5, 5.41) is 5.68. The average molecular weight is 398 g/mol. The van der Waals surface area contributed by atoms with Gasteiger partial charge < -0.3 is 15.5 Å². The van der Waals surface area contributed by atoms with Crippen LogP contribution < -0.4 is 15.5 Å². The Morgan fingerprint density at radius 2 is 1.57 bits per heavy atom. The van der Waals surface area contributed by atoms with Crippen molar-refractivity contribution in [1.29, 1.82) is 0 Å². The first-order valence-corrected chi connectivity index (χ1v) is 9.71. The molecule has 4 rings (SSSR count). The van der Waals surface area contributed by atoms with Crippen LogP contribution in [0, 0.1) is 5.92 Å². The van der Waals surface area contributed by atoms with Crippen LogP contribution in [0.2, 0.25) is 5.02 Å². The van der Waals surface area contributed by atoms with E-state index in [1.54, 1.807) is 36.4 Å². The summed E-state index contributed by atoms with van der Waals surface area (Å²) in [5.41, 5.74) is 2.89. The minimum absolute atomic E-state index is 0.134. The van der Waals surface area contributed by atoms with Crippen LogP contribution in [0.5, 0.6) is 0 Å². The van der Waals surface area contributed by atoms with E-state index in [2.05, 4.69) is 10.6 Å². The van der Waals surface area contributed by atoms with Crippen LogP contribution >= 0.6 is 11.6 Å². The van der Waals surface area contributed by atoms with E-state index in [0.29, 0.717) is 22.9 Å². The molecular weight excluding hydrogens is 378 g/mol. The second kappa shape index (κ2) is 7.64. The van der Waals surface area contributed by atoms with Crippen molar-refractivity contribution in [2.24, 2.45) is 5.92 Å². The van der Waals surface area contributed by atoms with Crippen LogP contribution in [-0.2, 0) is 20.8 Å². The SMILES string of the molecule is O=C(Nc1ccc(Cl)cc1)C(=O)Nc1ccc2c(c1)N(C(=O)C1CC1)CCC2. The molecule has 2 aromatic carbocycles. The fourth-order valence-corrected chi connectivity index (χ4v) is 3.47. The molecule has 0 spiro atoms. The van der Waals surface area contributed by atoms with Gasteiger partial charge in [0, 0.05) is 34.5 Å². The second-order valence-corrected chi connectivity index (χ2v) is 7.56. The summed E-state index contributed by atoms with van der Waals surface area (Å²) < 4.78 is 0. The van der Waals surface area contributed by atoms with Gasteiger partial charge in [0.05, 0.1) is 0 Å². The smallest absolute Gasteiger partial charge is 0.314 e. The molecule has 28 heavy (non-hydrogen) atoms. The molecule has 0 bridgehead atoms. The van der Waals surface area contributed by atoms with Gasteiger partial charge in [-0.05, 0) is 67.6 Å². The Bertz CT molecular complexity index is 938. The molecule has 0 unspecified atom stereocenters. The summed E-state index contributed by atoms with van der Waals surface area (Å²) in [6.45, 7) is 0.691. The molecular formula is C21H20ClN3O3. The largest absolute Gasteiger partial charge is 0.318 e. The van der Waals surface area contributed by atoms with E-state index in [4.69, 9.17) is 11.6 Å². The van der Waals surface area contributed by atoms with E-state index in [1.165, 1.54) is 0 Å². The maximum absolute atomic E-state index is 12.6. The number of carbonyl (C=O) groups excluding carboxylic acids is 3. The van der Waals surface area contributed by atoms with Gasteiger partial charge in [-0.2, -0.15) is 0 Å². The highest BCUT2D eigenvalue weighted by atomic mass is 35.5. The zero-order valence-electron chi connectivity index (χ0n) is 15.2. The minimum atomic E-state index is -0.772. The third-order valence-corrected chi connectivity index (χ3v) is 5.21. The van der Waals surface area contributed by atoms with Gasteiger partial charge in [-0.3, -0.25) is 14.4 Å². The maximum atomic E-state index is 12.6. The molecule has 2 aliphatic rings. The van der Waals surface area contributed by atoms with E-state index < -0.39 is 11.8 Å². The Balaban J connectivity index is 1.46. The van der Waals surface area contributed by atoms with Crippen molar-refractivity contribution in [3.63, 3.8) is 0 Å². The number of hydrogen-bond donors (Lipinski definition) is 2. The van der Waals surface area contributed by atoms with Gasteiger partial charge in [0.25, 0.3) is 0 Å². The summed E-state index contributed by atoms with van der Waals surface area (Å²) >= 11 is 5.81. The number of benzene rings is 2. The van der Waals surface area contributed by atoms with E-state index in [1.807, 2.05) is 11.0 Å². The molecule has 2 N–H and O–H groups in total. The van der Waals surface area contributed by atoms with Crippen molar-refractivity contribution in [3.8, 4) is 0 Å². The molecule has 2 aromatic rings. The van der Waals surface area contributed by atoms with Crippen molar-refractivity contribution in [2.45, 2.75) is 25.7 Å². The molecule has 0 atom stereocenters. The third kappa shape index (κ3) is 4.02. The van der Waals surface area contributed by atoms with Crippen molar-refractivity contribution < 1.29 is 14.4 Å². The molecule has 3 amide bonds. The Morgan fingerprint density at radius 1 is 0.929 bits per heavy atom. The van der Waals surface area contributed by atoms with Crippen LogP contribution in [-0.4, -0.2) is 24.3 Å². The molecule has 6 nitrogen and oxygen atoms in total.